The molecule has 0 aromatic carbocycles. The number of alkyl halides is 3. The van der Waals surface area contributed by atoms with Gasteiger partial charge in [-0.25, -0.2) is 9.67 Å². The van der Waals surface area contributed by atoms with Gasteiger partial charge in [-0.15, -0.1) is 0 Å². The minimum Gasteiger partial charge on any atom is -0.487 e. The molecule has 2 aromatic rings. The summed E-state index contributed by atoms with van der Waals surface area (Å²) in [6.07, 6.45) is -0.988. The van der Waals surface area contributed by atoms with Crippen LogP contribution in [0.25, 0.3) is 0 Å². The number of hydrogen-bond acceptors (Lipinski definition) is 6. The predicted molar refractivity (Wildman–Crippen MR) is 94.3 cm³/mol. The fourth-order valence-electron chi connectivity index (χ4n) is 3.17. The molecule has 2 heterocycles. The molecule has 2 saturated carbocycles. The van der Waals surface area contributed by atoms with E-state index in [1.165, 1.54) is 0 Å². The summed E-state index contributed by atoms with van der Waals surface area (Å²) in [7, 11) is 0. The minimum absolute atomic E-state index is 0.0853. The molecule has 0 radical (unpaired) electrons. The van der Waals surface area contributed by atoms with E-state index in [1.54, 1.807) is 4.68 Å². The largest absolute Gasteiger partial charge is 0.487 e. The molecule has 0 aliphatic heterocycles. The molecule has 1 unspecified atom stereocenters. The van der Waals surface area contributed by atoms with Crippen LogP contribution >= 0.6 is 11.6 Å². The molecular weight excluding hydrogens is 399 g/mol. The number of rotatable bonds is 6. The Labute approximate surface area is 164 Å². The third-order valence-electron chi connectivity index (χ3n) is 5.04. The average molecular weight is 418 g/mol. The van der Waals surface area contributed by atoms with Crippen molar-refractivity contribution in [3.05, 3.63) is 22.7 Å². The van der Waals surface area contributed by atoms with E-state index in [9.17, 15) is 13.2 Å². The Balaban J connectivity index is 1.42. The van der Waals surface area contributed by atoms with Crippen molar-refractivity contribution in [3.8, 4) is 11.6 Å². The summed E-state index contributed by atoms with van der Waals surface area (Å²) in [6.45, 7) is 2.09. The maximum Gasteiger partial charge on any atom is 0.423 e. The first-order chi connectivity index (χ1) is 13.2. The topological polar surface area (TPSA) is 88.1 Å². The summed E-state index contributed by atoms with van der Waals surface area (Å²) in [5.41, 5.74) is 5.77. The van der Waals surface area contributed by atoms with E-state index >= 15 is 0 Å². The lowest BCUT2D eigenvalue weighted by molar-refractivity contribution is -0.140. The van der Waals surface area contributed by atoms with Crippen molar-refractivity contribution in [1.82, 2.24) is 19.7 Å². The van der Waals surface area contributed by atoms with E-state index < -0.39 is 23.7 Å². The monoisotopic (exact) mass is 417 g/mol. The van der Waals surface area contributed by atoms with Gasteiger partial charge in [0.05, 0.1) is 12.6 Å². The molecule has 7 nitrogen and oxygen atoms in total. The van der Waals surface area contributed by atoms with E-state index in [0.717, 1.165) is 19.3 Å². The Bertz CT molecular complexity index is 884. The van der Waals surface area contributed by atoms with Crippen molar-refractivity contribution in [2.24, 2.45) is 5.92 Å². The molecule has 2 atom stereocenters. The number of hydrogen-bond donors (Lipinski definition) is 1. The van der Waals surface area contributed by atoms with Crippen LogP contribution in [0, 0.1) is 12.8 Å². The molecule has 2 aliphatic carbocycles. The third-order valence-corrected chi connectivity index (χ3v) is 5.22. The highest BCUT2D eigenvalue weighted by molar-refractivity contribution is 6.28. The van der Waals surface area contributed by atoms with Gasteiger partial charge in [0.15, 0.2) is 11.6 Å². The zero-order valence-electron chi connectivity index (χ0n) is 15.0. The summed E-state index contributed by atoms with van der Waals surface area (Å²) in [5.74, 6) is 0.370. The normalized spacial score (nSPS) is 22.0. The van der Waals surface area contributed by atoms with Gasteiger partial charge < -0.3 is 15.2 Å². The molecule has 2 aliphatic rings. The lowest BCUT2D eigenvalue weighted by atomic mass is 9.82. The fraction of sp³-hybridized carbons (Fsp3) is 0.588. The molecular formula is C17H19ClF3N5O2. The third kappa shape index (κ3) is 3.69. The Hall–Kier alpha value is -2.23. The smallest absolute Gasteiger partial charge is 0.423 e. The molecule has 2 fully saturated rings. The molecule has 2 N–H and O–H groups in total. The van der Waals surface area contributed by atoms with Crippen LogP contribution in [-0.2, 0) is 6.18 Å². The summed E-state index contributed by atoms with van der Waals surface area (Å²) in [6, 6.07) is 0.333. The molecule has 0 spiro atoms. The molecule has 0 saturated heterocycles. The Morgan fingerprint density at radius 3 is 2.64 bits per heavy atom. The number of ether oxygens (including phenoxy) is 2. The van der Waals surface area contributed by atoms with E-state index in [2.05, 4.69) is 15.1 Å². The minimum atomic E-state index is -4.63. The van der Waals surface area contributed by atoms with Crippen LogP contribution in [0.5, 0.6) is 11.6 Å². The van der Waals surface area contributed by atoms with Crippen molar-refractivity contribution in [3.63, 3.8) is 0 Å². The number of nitrogens with zero attached hydrogens (tertiary/aromatic N) is 4. The molecule has 152 valence electrons. The number of aryl methyl sites for hydroxylation is 1. The van der Waals surface area contributed by atoms with Crippen molar-refractivity contribution in [2.75, 3.05) is 12.3 Å². The van der Waals surface area contributed by atoms with Crippen LogP contribution in [0.15, 0.2) is 6.20 Å². The second kappa shape index (κ2) is 6.98. The lowest BCUT2D eigenvalue weighted by Crippen LogP contribution is -2.41. The number of halogens is 4. The standard InChI is InChI=1S/C17H19ClF3N5O2/c1-8-13(14(22)26(25-8)10-3-4-10)27-7-9-2-5-12(9)28-15-11(17(19,20)21)6-23-16(18)24-15/h6,9-10,12H,2-5,7,22H2,1H3/t9-,12?/m1/s1. The van der Waals surface area contributed by atoms with E-state index in [-0.39, 0.29) is 17.8 Å². The van der Waals surface area contributed by atoms with Crippen LogP contribution in [0.4, 0.5) is 19.0 Å². The van der Waals surface area contributed by atoms with Crippen LogP contribution in [-0.4, -0.2) is 32.5 Å². The highest BCUT2D eigenvalue weighted by atomic mass is 35.5. The van der Waals surface area contributed by atoms with E-state index in [4.69, 9.17) is 26.8 Å². The van der Waals surface area contributed by atoms with Gasteiger partial charge >= 0.3 is 6.18 Å². The first-order valence-electron chi connectivity index (χ1n) is 8.97. The van der Waals surface area contributed by atoms with Gasteiger partial charge in [0, 0.05) is 12.1 Å². The maximum atomic E-state index is 13.1. The van der Waals surface area contributed by atoms with Gasteiger partial charge in [-0.1, -0.05) is 0 Å². The van der Waals surface area contributed by atoms with Crippen molar-refractivity contribution < 1.29 is 22.6 Å². The van der Waals surface area contributed by atoms with Gasteiger partial charge in [-0.3, -0.25) is 0 Å². The van der Waals surface area contributed by atoms with Crippen molar-refractivity contribution >= 4 is 17.4 Å². The van der Waals surface area contributed by atoms with Gasteiger partial charge in [0.1, 0.15) is 17.4 Å². The van der Waals surface area contributed by atoms with Crippen molar-refractivity contribution in [1.29, 1.82) is 0 Å². The summed E-state index contributed by atoms with van der Waals surface area (Å²) < 4.78 is 52.5. The zero-order valence-corrected chi connectivity index (χ0v) is 15.8. The van der Waals surface area contributed by atoms with Gasteiger partial charge in [0.25, 0.3) is 0 Å². The van der Waals surface area contributed by atoms with Crippen LogP contribution in [0.3, 0.4) is 0 Å². The van der Waals surface area contributed by atoms with E-state index in [0.29, 0.717) is 35.9 Å². The number of anilines is 1. The van der Waals surface area contributed by atoms with E-state index in [1.807, 2.05) is 6.92 Å². The highest BCUT2D eigenvalue weighted by Crippen LogP contribution is 2.41. The molecule has 11 heteroatoms. The second-order valence-electron chi connectivity index (χ2n) is 7.14. The number of nitrogen functional groups attached to an aromatic ring is 1. The SMILES string of the molecule is Cc1nn(C2CC2)c(N)c1OC[C@H]1CCC1Oc1nc(Cl)ncc1C(F)(F)F. The molecule has 4 rings (SSSR count). The first kappa shape index (κ1) is 19.1. The number of nitrogens with two attached hydrogens (primary N) is 1. The zero-order chi connectivity index (χ0) is 20.1. The van der Waals surface area contributed by atoms with Crippen LogP contribution in [0.1, 0.15) is 43.0 Å². The maximum absolute atomic E-state index is 13.1. The summed E-state index contributed by atoms with van der Waals surface area (Å²) in [4.78, 5) is 7.01. The second-order valence-corrected chi connectivity index (χ2v) is 7.47. The van der Waals surface area contributed by atoms with Gasteiger partial charge in [-0.05, 0) is 44.2 Å². The van der Waals surface area contributed by atoms with Crippen LogP contribution < -0.4 is 15.2 Å². The molecule has 2 aromatic heterocycles. The molecule has 0 bridgehead atoms. The average Bonchev–Trinajstić information content (AvgIpc) is 3.39. The Morgan fingerprint density at radius 1 is 1.29 bits per heavy atom. The Kier molecular flexibility index (Phi) is 4.76. The molecule has 28 heavy (non-hydrogen) atoms. The first-order valence-corrected chi connectivity index (χ1v) is 9.35. The highest BCUT2D eigenvalue weighted by Gasteiger charge is 2.40. The quantitative estimate of drug-likeness (QED) is 0.719. The van der Waals surface area contributed by atoms with Gasteiger partial charge in [0.2, 0.25) is 11.2 Å². The van der Waals surface area contributed by atoms with Crippen molar-refractivity contribution in [2.45, 2.75) is 50.9 Å². The van der Waals surface area contributed by atoms with Crippen LogP contribution in [0.2, 0.25) is 5.28 Å². The molecule has 0 amide bonds. The fourth-order valence-corrected chi connectivity index (χ4v) is 3.30. The lowest BCUT2D eigenvalue weighted by Gasteiger charge is -2.36. The van der Waals surface area contributed by atoms with Gasteiger partial charge in [-0.2, -0.15) is 23.3 Å². The summed E-state index contributed by atoms with van der Waals surface area (Å²) >= 11 is 5.64. The predicted octanol–water partition coefficient (Wildman–Crippen LogP) is 3.81. The Morgan fingerprint density at radius 2 is 2.04 bits per heavy atom. The summed E-state index contributed by atoms with van der Waals surface area (Å²) in [5, 5.41) is 4.11. The number of aromatic nitrogens is 4.